The monoisotopic (exact) mass is 283 g/mol. The van der Waals surface area contributed by atoms with Gasteiger partial charge in [0.25, 0.3) is 0 Å². The maximum Gasteiger partial charge on any atom is 0.356 e. The lowest BCUT2D eigenvalue weighted by Gasteiger charge is -2.42. The second-order valence-electron chi connectivity index (χ2n) is 4.77. The van der Waals surface area contributed by atoms with Gasteiger partial charge in [-0.15, -0.1) is 0 Å². The van der Waals surface area contributed by atoms with E-state index >= 15 is 0 Å². The highest BCUT2D eigenvalue weighted by Crippen LogP contribution is 2.26. The van der Waals surface area contributed by atoms with Gasteiger partial charge in [-0.2, -0.15) is 0 Å². The highest BCUT2D eigenvalue weighted by Gasteiger charge is 2.38. The van der Waals surface area contributed by atoms with Gasteiger partial charge in [0, 0.05) is 13.1 Å². The van der Waals surface area contributed by atoms with Crippen LogP contribution < -0.4 is 10.2 Å². The van der Waals surface area contributed by atoms with Gasteiger partial charge in [0.15, 0.2) is 5.69 Å². The van der Waals surface area contributed by atoms with Gasteiger partial charge in [-0.25, -0.2) is 9.78 Å². The van der Waals surface area contributed by atoms with E-state index in [9.17, 15) is 9.59 Å². The van der Waals surface area contributed by atoms with Crippen molar-refractivity contribution < 1.29 is 14.7 Å². The molecule has 1 aromatic rings. The van der Waals surface area contributed by atoms with Gasteiger partial charge in [0.2, 0.25) is 5.91 Å². The first kappa shape index (κ1) is 13.6. The van der Waals surface area contributed by atoms with Gasteiger partial charge < -0.3 is 15.3 Å². The van der Waals surface area contributed by atoms with Crippen molar-refractivity contribution in [2.24, 2.45) is 0 Å². The summed E-state index contributed by atoms with van der Waals surface area (Å²) in [6.45, 7) is 4.58. The van der Waals surface area contributed by atoms with E-state index in [1.807, 2.05) is 0 Å². The number of halogens is 1. The van der Waals surface area contributed by atoms with Crippen molar-refractivity contribution in [2.75, 3.05) is 18.0 Å². The van der Waals surface area contributed by atoms with Crippen LogP contribution in [0.15, 0.2) is 12.1 Å². The fourth-order valence-electron chi connectivity index (χ4n) is 2.03. The Hall–Kier alpha value is -1.82. The lowest BCUT2D eigenvalue weighted by Crippen LogP contribution is -2.62. The van der Waals surface area contributed by atoms with Crippen LogP contribution in [0.1, 0.15) is 24.3 Å². The Bertz CT molecular complexity index is 545. The van der Waals surface area contributed by atoms with Crippen molar-refractivity contribution in [3.05, 3.63) is 22.8 Å². The largest absolute Gasteiger partial charge is 0.476 e. The number of carbonyl (C=O) groups is 2. The molecule has 0 aliphatic carbocycles. The second-order valence-corrected chi connectivity index (χ2v) is 5.18. The molecule has 1 saturated heterocycles. The third kappa shape index (κ3) is 2.35. The first-order valence-electron chi connectivity index (χ1n) is 5.80. The van der Waals surface area contributed by atoms with Crippen molar-refractivity contribution in [3.63, 3.8) is 0 Å². The zero-order valence-electron chi connectivity index (χ0n) is 10.6. The molecule has 7 heteroatoms. The molecule has 0 spiro atoms. The van der Waals surface area contributed by atoms with Crippen LogP contribution in [0.3, 0.4) is 0 Å². The summed E-state index contributed by atoms with van der Waals surface area (Å²) in [6.07, 6.45) is 0. The third-order valence-electron chi connectivity index (χ3n) is 3.16. The molecule has 0 saturated carbocycles. The van der Waals surface area contributed by atoms with Crippen LogP contribution in [0.4, 0.5) is 5.82 Å². The van der Waals surface area contributed by atoms with Crippen molar-refractivity contribution in [2.45, 2.75) is 19.4 Å². The van der Waals surface area contributed by atoms with Crippen molar-refractivity contribution >= 4 is 29.3 Å². The molecule has 2 N–H and O–H groups in total. The maximum absolute atomic E-state index is 11.9. The van der Waals surface area contributed by atoms with E-state index < -0.39 is 11.5 Å². The first-order valence-corrected chi connectivity index (χ1v) is 6.17. The van der Waals surface area contributed by atoms with E-state index in [0.29, 0.717) is 18.9 Å². The molecule has 1 aliphatic heterocycles. The molecule has 0 radical (unpaired) electrons. The molecule has 2 heterocycles. The third-order valence-corrected chi connectivity index (χ3v) is 3.47. The smallest absolute Gasteiger partial charge is 0.356 e. The highest BCUT2D eigenvalue weighted by atomic mass is 35.5. The Labute approximate surface area is 115 Å². The Kier molecular flexibility index (Phi) is 3.36. The highest BCUT2D eigenvalue weighted by molar-refractivity contribution is 6.33. The molecular formula is C12H14ClN3O3. The molecule has 102 valence electrons. The van der Waals surface area contributed by atoms with Crippen LogP contribution in [0, 0.1) is 0 Å². The molecule has 1 aromatic heterocycles. The zero-order valence-corrected chi connectivity index (χ0v) is 11.4. The summed E-state index contributed by atoms with van der Waals surface area (Å²) < 4.78 is 0. The number of pyridine rings is 1. The number of rotatable bonds is 2. The van der Waals surface area contributed by atoms with Crippen LogP contribution in [-0.2, 0) is 4.79 Å². The predicted octanol–water partition coefficient (Wildman–Crippen LogP) is 1.15. The summed E-state index contributed by atoms with van der Waals surface area (Å²) in [5.74, 6) is -0.875. The number of carbonyl (C=O) groups excluding carboxylic acids is 1. The van der Waals surface area contributed by atoms with Gasteiger partial charge in [-0.1, -0.05) is 11.6 Å². The summed E-state index contributed by atoms with van der Waals surface area (Å²) in [4.78, 5) is 28.7. The lowest BCUT2D eigenvalue weighted by atomic mass is 9.99. The fourth-order valence-corrected chi connectivity index (χ4v) is 2.22. The van der Waals surface area contributed by atoms with E-state index in [-0.39, 0.29) is 16.6 Å². The standard InChI is InChI=1S/C12H14ClN3O3/c1-12(2)11(19)14-5-6-16(12)8-4-3-7(13)9(15-8)10(17)18/h3-4H,5-6H2,1-2H3,(H,14,19)(H,17,18). The summed E-state index contributed by atoms with van der Waals surface area (Å²) in [6, 6.07) is 3.10. The van der Waals surface area contributed by atoms with Crippen LogP contribution >= 0.6 is 11.6 Å². The average Bonchev–Trinajstić information content (AvgIpc) is 2.33. The molecule has 0 atom stereocenters. The van der Waals surface area contributed by atoms with Crippen LogP contribution in [0.25, 0.3) is 0 Å². The Morgan fingerprint density at radius 1 is 1.53 bits per heavy atom. The number of aromatic nitrogens is 1. The summed E-state index contributed by atoms with van der Waals surface area (Å²) in [5, 5.41) is 11.9. The van der Waals surface area contributed by atoms with Gasteiger partial charge in [-0.05, 0) is 26.0 Å². The molecule has 19 heavy (non-hydrogen) atoms. The minimum Gasteiger partial charge on any atom is -0.476 e. The number of hydrogen-bond acceptors (Lipinski definition) is 4. The van der Waals surface area contributed by atoms with E-state index in [2.05, 4.69) is 10.3 Å². The van der Waals surface area contributed by atoms with E-state index in [1.54, 1.807) is 24.8 Å². The summed E-state index contributed by atoms with van der Waals surface area (Å²) in [5.41, 5.74) is -0.990. The van der Waals surface area contributed by atoms with Crippen LogP contribution in [0.2, 0.25) is 5.02 Å². The molecular weight excluding hydrogens is 270 g/mol. The summed E-state index contributed by atoms with van der Waals surface area (Å²) in [7, 11) is 0. The van der Waals surface area contributed by atoms with Crippen molar-refractivity contribution in [1.29, 1.82) is 0 Å². The molecule has 2 rings (SSSR count). The Morgan fingerprint density at radius 2 is 2.21 bits per heavy atom. The number of carboxylic acid groups (broad SMARTS) is 1. The Morgan fingerprint density at radius 3 is 2.84 bits per heavy atom. The topological polar surface area (TPSA) is 82.5 Å². The van der Waals surface area contributed by atoms with Crippen molar-refractivity contribution in [3.8, 4) is 0 Å². The number of piperazine rings is 1. The number of anilines is 1. The zero-order chi connectivity index (χ0) is 14.2. The molecule has 1 amide bonds. The SMILES string of the molecule is CC1(C)C(=O)NCCN1c1ccc(Cl)c(C(=O)O)n1. The summed E-state index contributed by atoms with van der Waals surface area (Å²) >= 11 is 5.79. The van der Waals surface area contributed by atoms with Crippen molar-refractivity contribution in [1.82, 2.24) is 10.3 Å². The second kappa shape index (κ2) is 4.70. The van der Waals surface area contributed by atoms with E-state index in [1.165, 1.54) is 6.07 Å². The number of carboxylic acids is 1. The van der Waals surface area contributed by atoms with Gasteiger partial charge in [0.1, 0.15) is 11.4 Å². The van der Waals surface area contributed by atoms with E-state index in [0.717, 1.165) is 0 Å². The Balaban J connectivity index is 2.44. The maximum atomic E-state index is 11.9. The fraction of sp³-hybridized carbons (Fsp3) is 0.417. The number of hydrogen-bond donors (Lipinski definition) is 2. The molecule has 0 bridgehead atoms. The normalized spacial score (nSPS) is 18.1. The number of nitrogens with zero attached hydrogens (tertiary/aromatic N) is 2. The first-order chi connectivity index (χ1) is 8.84. The average molecular weight is 284 g/mol. The van der Waals surface area contributed by atoms with E-state index in [4.69, 9.17) is 16.7 Å². The van der Waals surface area contributed by atoms with Gasteiger partial charge in [0.05, 0.1) is 5.02 Å². The minimum absolute atomic E-state index is 0.0792. The molecule has 1 aliphatic rings. The molecule has 6 nitrogen and oxygen atoms in total. The predicted molar refractivity (Wildman–Crippen MR) is 70.6 cm³/mol. The number of aromatic carboxylic acids is 1. The molecule has 1 fully saturated rings. The number of nitrogens with one attached hydrogen (secondary N) is 1. The van der Waals surface area contributed by atoms with Crippen LogP contribution in [-0.4, -0.2) is 40.6 Å². The van der Waals surface area contributed by atoms with Gasteiger partial charge >= 0.3 is 5.97 Å². The van der Waals surface area contributed by atoms with Gasteiger partial charge in [-0.3, -0.25) is 4.79 Å². The quantitative estimate of drug-likeness (QED) is 0.851. The lowest BCUT2D eigenvalue weighted by molar-refractivity contribution is -0.126. The number of amides is 1. The molecule has 0 aromatic carbocycles. The van der Waals surface area contributed by atoms with Crippen LogP contribution in [0.5, 0.6) is 0 Å². The molecule has 0 unspecified atom stereocenters. The minimum atomic E-state index is -1.19.